The summed E-state index contributed by atoms with van der Waals surface area (Å²) in [6.45, 7) is 5.69. The van der Waals surface area contributed by atoms with Crippen LogP contribution in [0.4, 0.5) is 5.69 Å². The smallest absolute Gasteiger partial charge is 0.273 e. The van der Waals surface area contributed by atoms with Gasteiger partial charge in [0.2, 0.25) is 0 Å². The quantitative estimate of drug-likeness (QED) is 0.641. The number of sulfonamides is 1. The van der Waals surface area contributed by atoms with E-state index in [0.29, 0.717) is 20.7 Å². The zero-order valence-electron chi connectivity index (χ0n) is 15.6. The Balaban J connectivity index is 1.22. The lowest BCUT2D eigenvalue weighted by Gasteiger charge is -2.36. The zero-order chi connectivity index (χ0) is 19.6. The van der Waals surface area contributed by atoms with Gasteiger partial charge in [0.1, 0.15) is 4.21 Å². The molecule has 0 bridgehead atoms. The average molecular weight is 438 g/mol. The Labute approximate surface area is 175 Å². The van der Waals surface area contributed by atoms with E-state index in [-0.39, 0.29) is 0 Å². The summed E-state index contributed by atoms with van der Waals surface area (Å²) in [5.41, 5.74) is 1.99. The van der Waals surface area contributed by atoms with Gasteiger partial charge in [-0.1, -0.05) is 29.8 Å². The topological polar surface area (TPSA) is 43.9 Å². The molecule has 28 heavy (non-hydrogen) atoms. The van der Waals surface area contributed by atoms with E-state index in [9.17, 15) is 8.42 Å². The molecule has 2 aromatic rings. The molecule has 0 unspecified atom stereocenters. The van der Waals surface area contributed by atoms with Crippen molar-refractivity contribution in [3.8, 4) is 0 Å². The summed E-state index contributed by atoms with van der Waals surface area (Å²) in [6.07, 6.45) is 5.33. The molecule has 0 atom stereocenters. The van der Waals surface area contributed by atoms with Crippen molar-refractivity contribution in [3.05, 3.63) is 52.5 Å². The van der Waals surface area contributed by atoms with Crippen molar-refractivity contribution < 1.29 is 8.42 Å². The molecule has 2 aliphatic heterocycles. The van der Waals surface area contributed by atoms with Gasteiger partial charge in [0.25, 0.3) is 10.0 Å². The molecule has 0 aliphatic carbocycles. The maximum atomic E-state index is 12.7. The summed E-state index contributed by atoms with van der Waals surface area (Å²) in [5.74, 6) is 0. The maximum absolute atomic E-state index is 12.7. The maximum Gasteiger partial charge on any atom is 0.273 e. The first-order valence-corrected chi connectivity index (χ1v) is 12.2. The van der Waals surface area contributed by atoms with Crippen molar-refractivity contribution in [2.75, 3.05) is 44.2 Å². The van der Waals surface area contributed by atoms with Crippen LogP contribution in [0.15, 0.2) is 46.8 Å². The number of piperazine rings is 1. The Bertz CT molecular complexity index is 936. The van der Waals surface area contributed by atoms with Crippen molar-refractivity contribution >= 4 is 44.7 Å². The lowest BCUT2D eigenvalue weighted by Crippen LogP contribution is -2.46. The number of thiophene rings is 1. The van der Waals surface area contributed by atoms with Gasteiger partial charge in [0, 0.05) is 50.2 Å². The third-order valence-electron chi connectivity index (χ3n) is 5.25. The summed E-state index contributed by atoms with van der Waals surface area (Å²) in [5, 5.41) is 0. The van der Waals surface area contributed by atoms with Crippen molar-refractivity contribution in [2.45, 2.75) is 17.1 Å². The predicted octanol–water partition coefficient (Wildman–Crippen LogP) is 3.98. The number of unbranched alkanes of at least 4 members (excludes halogenated alkanes) is 1. The first kappa shape index (κ1) is 19.8. The van der Waals surface area contributed by atoms with Crippen LogP contribution in [0.2, 0.25) is 4.34 Å². The van der Waals surface area contributed by atoms with Gasteiger partial charge >= 0.3 is 0 Å². The average Bonchev–Trinajstić information content (AvgIpc) is 3.10. The lowest BCUT2D eigenvalue weighted by molar-refractivity contribution is 0.251. The molecule has 150 valence electrons. The number of benzene rings is 1. The van der Waals surface area contributed by atoms with Crippen LogP contribution < -0.4 is 4.90 Å². The van der Waals surface area contributed by atoms with Gasteiger partial charge in [-0.05, 0) is 43.7 Å². The molecule has 0 saturated carbocycles. The second-order valence-electron chi connectivity index (χ2n) is 7.10. The Hall–Kier alpha value is -1.54. The van der Waals surface area contributed by atoms with Gasteiger partial charge in [-0.25, -0.2) is 8.42 Å². The van der Waals surface area contributed by atoms with Crippen LogP contribution in [0.1, 0.15) is 18.4 Å². The van der Waals surface area contributed by atoms with E-state index < -0.39 is 10.0 Å². The Morgan fingerprint density at radius 2 is 1.71 bits per heavy atom. The molecule has 4 rings (SSSR count). The number of hydrogen-bond acceptors (Lipinski definition) is 5. The molecule has 0 spiro atoms. The number of halogens is 1. The van der Waals surface area contributed by atoms with E-state index >= 15 is 0 Å². The highest BCUT2D eigenvalue weighted by molar-refractivity contribution is 7.91. The van der Waals surface area contributed by atoms with Gasteiger partial charge in [-0.3, -0.25) is 9.21 Å². The number of anilines is 1. The van der Waals surface area contributed by atoms with E-state index in [1.807, 2.05) is 12.1 Å². The molecule has 8 heteroatoms. The fourth-order valence-corrected chi connectivity index (χ4v) is 6.99. The van der Waals surface area contributed by atoms with Crippen LogP contribution >= 0.6 is 22.9 Å². The minimum absolute atomic E-state index is 0.358. The van der Waals surface area contributed by atoms with E-state index in [4.69, 9.17) is 11.6 Å². The van der Waals surface area contributed by atoms with Gasteiger partial charge in [-0.2, -0.15) is 0 Å². The number of fused-ring (bicyclic) bond motifs is 1. The summed E-state index contributed by atoms with van der Waals surface area (Å²) in [7, 11) is -3.44. The third kappa shape index (κ3) is 4.22. The summed E-state index contributed by atoms with van der Waals surface area (Å²) < 4.78 is 27.7. The molecule has 3 heterocycles. The minimum atomic E-state index is -3.44. The standard InChI is InChI=1S/C20H24ClN3O2S2/c21-19-16-17-8-11-24(28(25,26)20(17)27-19)10-5-4-9-22-12-14-23(15-13-22)18-6-2-1-3-7-18/h1-3,6-8,11,16H,4-5,9-10,12-15H2. The van der Waals surface area contributed by atoms with Crippen molar-refractivity contribution in [2.24, 2.45) is 0 Å². The number of hydrogen-bond donors (Lipinski definition) is 0. The van der Waals surface area contributed by atoms with Crippen LogP contribution in [0.25, 0.3) is 6.08 Å². The van der Waals surface area contributed by atoms with Crippen molar-refractivity contribution in [1.29, 1.82) is 0 Å². The van der Waals surface area contributed by atoms with Crippen LogP contribution in [0, 0.1) is 0 Å². The molecule has 2 aliphatic rings. The number of nitrogens with zero attached hydrogens (tertiary/aromatic N) is 3. The fraction of sp³-hybridized carbons (Fsp3) is 0.400. The Kier molecular flexibility index (Phi) is 5.96. The van der Waals surface area contributed by atoms with E-state index in [1.54, 1.807) is 12.3 Å². The van der Waals surface area contributed by atoms with Gasteiger partial charge in [0.05, 0.1) is 4.34 Å². The Morgan fingerprint density at radius 3 is 2.46 bits per heavy atom. The predicted molar refractivity (Wildman–Crippen MR) is 117 cm³/mol. The molecular formula is C20H24ClN3O2S2. The molecule has 1 aromatic carbocycles. The molecule has 0 N–H and O–H groups in total. The molecule has 5 nitrogen and oxygen atoms in total. The largest absolute Gasteiger partial charge is 0.369 e. The monoisotopic (exact) mass is 437 g/mol. The van der Waals surface area contributed by atoms with Gasteiger partial charge < -0.3 is 4.90 Å². The highest BCUT2D eigenvalue weighted by Gasteiger charge is 2.29. The molecule has 1 saturated heterocycles. The number of para-hydroxylation sites is 1. The first-order chi connectivity index (χ1) is 13.5. The van der Waals surface area contributed by atoms with Crippen LogP contribution in [0.3, 0.4) is 0 Å². The van der Waals surface area contributed by atoms with E-state index in [1.165, 1.54) is 9.99 Å². The highest BCUT2D eigenvalue weighted by atomic mass is 35.5. The Morgan fingerprint density at radius 1 is 1.00 bits per heavy atom. The van der Waals surface area contributed by atoms with Gasteiger partial charge in [-0.15, -0.1) is 11.3 Å². The number of rotatable bonds is 6. The van der Waals surface area contributed by atoms with Crippen LogP contribution in [0.5, 0.6) is 0 Å². The first-order valence-electron chi connectivity index (χ1n) is 9.56. The summed E-state index contributed by atoms with van der Waals surface area (Å²) in [6, 6.07) is 12.2. The minimum Gasteiger partial charge on any atom is -0.369 e. The second kappa shape index (κ2) is 8.45. The summed E-state index contributed by atoms with van der Waals surface area (Å²) >= 11 is 7.11. The fourth-order valence-electron chi connectivity index (χ4n) is 3.69. The molecule has 0 amide bonds. The molecule has 1 fully saturated rings. The molecular weight excluding hydrogens is 414 g/mol. The van der Waals surface area contributed by atoms with Crippen LogP contribution in [-0.4, -0.2) is 56.9 Å². The highest BCUT2D eigenvalue weighted by Crippen LogP contribution is 2.36. The van der Waals surface area contributed by atoms with Crippen molar-refractivity contribution in [1.82, 2.24) is 9.21 Å². The van der Waals surface area contributed by atoms with Crippen LogP contribution in [-0.2, 0) is 10.0 Å². The third-order valence-corrected chi connectivity index (χ3v) is 8.84. The second-order valence-corrected chi connectivity index (χ2v) is 10.9. The summed E-state index contributed by atoms with van der Waals surface area (Å²) in [4.78, 5) is 4.89. The van der Waals surface area contributed by atoms with Gasteiger partial charge in [0.15, 0.2) is 0 Å². The SMILES string of the molecule is O=S1(=O)c2sc(Cl)cc2C=CN1CCCCN1CCN(c2ccccc2)CC1. The molecule has 1 aromatic heterocycles. The van der Waals surface area contributed by atoms with E-state index in [0.717, 1.165) is 56.9 Å². The normalized spacial score (nSPS) is 19.0. The molecule has 0 radical (unpaired) electrons. The van der Waals surface area contributed by atoms with E-state index in [2.05, 4.69) is 34.1 Å². The lowest BCUT2D eigenvalue weighted by atomic mass is 10.2. The zero-order valence-corrected chi connectivity index (χ0v) is 18.0. The van der Waals surface area contributed by atoms with Crippen molar-refractivity contribution in [3.63, 3.8) is 0 Å².